The summed E-state index contributed by atoms with van der Waals surface area (Å²) in [5.74, 6) is -0.226. The van der Waals surface area contributed by atoms with Gasteiger partial charge < -0.3 is 5.73 Å². The van der Waals surface area contributed by atoms with E-state index in [-0.39, 0.29) is 18.3 Å². The number of unbranched alkanes of at least 4 members (excludes halogenated alkanes) is 2. The van der Waals surface area contributed by atoms with E-state index in [4.69, 9.17) is 5.73 Å². The van der Waals surface area contributed by atoms with E-state index in [9.17, 15) is 4.79 Å². The van der Waals surface area contributed by atoms with Crippen molar-refractivity contribution in [3.8, 4) is 0 Å². The second kappa shape index (κ2) is 8.38. The predicted molar refractivity (Wildman–Crippen MR) is 72.7 cm³/mol. The fraction of sp³-hybridized carbons (Fsp3) is 0.700. The Kier molecular flexibility index (Phi) is 8.03. The first-order valence-corrected chi connectivity index (χ1v) is 6.34. The van der Waals surface area contributed by atoms with Crippen LogP contribution in [-0.2, 0) is 11.2 Å². The number of hydrogen-bond donors (Lipinski definition) is 2. The molecule has 1 rings (SSSR count). The number of nitrogens with one attached hydrogen (secondary N) is 1. The lowest BCUT2D eigenvalue weighted by Gasteiger charge is -2.02. The molecule has 0 aromatic carbocycles. The Morgan fingerprint density at radius 3 is 2.76 bits per heavy atom. The summed E-state index contributed by atoms with van der Waals surface area (Å²) in [6.45, 7) is 3.80. The van der Waals surface area contributed by atoms with Gasteiger partial charge in [0.2, 0.25) is 11.0 Å². The maximum Gasteiger partial charge on any atom is 0.242 e. The van der Waals surface area contributed by atoms with Crippen LogP contribution in [0.5, 0.6) is 0 Å². The Labute approximate surface area is 112 Å². The van der Waals surface area contributed by atoms with E-state index < -0.39 is 6.04 Å². The molecule has 7 heteroatoms. The van der Waals surface area contributed by atoms with Crippen molar-refractivity contribution in [3.63, 3.8) is 0 Å². The van der Waals surface area contributed by atoms with Crippen LogP contribution in [0.4, 0.5) is 5.13 Å². The second-order valence-corrected chi connectivity index (χ2v) is 4.80. The highest BCUT2D eigenvalue weighted by Gasteiger charge is 2.10. The van der Waals surface area contributed by atoms with Gasteiger partial charge in [0.1, 0.15) is 5.01 Å². The van der Waals surface area contributed by atoms with Crippen molar-refractivity contribution in [2.45, 2.75) is 45.6 Å². The molecule has 3 N–H and O–H groups in total. The van der Waals surface area contributed by atoms with Gasteiger partial charge >= 0.3 is 0 Å². The molecule has 0 aliphatic heterocycles. The number of nitrogens with zero attached hydrogens (tertiary/aromatic N) is 2. The maximum absolute atomic E-state index is 11.3. The average Bonchev–Trinajstić information content (AvgIpc) is 2.66. The zero-order valence-corrected chi connectivity index (χ0v) is 11.7. The van der Waals surface area contributed by atoms with E-state index in [0.717, 1.165) is 17.8 Å². The number of hydrogen-bond acceptors (Lipinski definition) is 5. The fourth-order valence-corrected chi connectivity index (χ4v) is 1.94. The molecule has 1 atom stereocenters. The summed E-state index contributed by atoms with van der Waals surface area (Å²) in [4.78, 5) is 11.3. The first-order valence-electron chi connectivity index (χ1n) is 5.52. The molecule has 1 unspecified atom stereocenters. The zero-order valence-electron chi connectivity index (χ0n) is 10.1. The van der Waals surface area contributed by atoms with Crippen molar-refractivity contribution in [1.82, 2.24) is 10.2 Å². The monoisotopic (exact) mass is 278 g/mol. The van der Waals surface area contributed by atoms with E-state index in [1.807, 2.05) is 0 Å². The van der Waals surface area contributed by atoms with Crippen LogP contribution < -0.4 is 11.1 Å². The number of aromatic nitrogens is 2. The molecule has 0 fully saturated rings. The number of carbonyl (C=O) groups is 1. The Bertz CT molecular complexity index is 343. The van der Waals surface area contributed by atoms with Crippen LogP contribution in [-0.4, -0.2) is 22.1 Å². The SMILES string of the molecule is CCCCCc1nnc(NC(=O)C(C)N)s1.Cl. The molecule has 1 amide bonds. The van der Waals surface area contributed by atoms with Gasteiger partial charge in [0.25, 0.3) is 0 Å². The lowest BCUT2D eigenvalue weighted by Crippen LogP contribution is -2.32. The van der Waals surface area contributed by atoms with Crippen LogP contribution in [0.1, 0.15) is 38.1 Å². The second-order valence-electron chi connectivity index (χ2n) is 3.74. The third kappa shape index (κ3) is 5.95. The number of rotatable bonds is 6. The fourth-order valence-electron chi connectivity index (χ4n) is 1.15. The van der Waals surface area contributed by atoms with Crippen molar-refractivity contribution in [2.75, 3.05) is 5.32 Å². The van der Waals surface area contributed by atoms with E-state index in [0.29, 0.717) is 5.13 Å². The number of carbonyl (C=O) groups excluding carboxylic acids is 1. The van der Waals surface area contributed by atoms with Gasteiger partial charge in [0.15, 0.2) is 0 Å². The van der Waals surface area contributed by atoms with Crippen LogP contribution in [0.25, 0.3) is 0 Å². The topological polar surface area (TPSA) is 80.9 Å². The molecular formula is C10H19ClN4OS. The van der Waals surface area contributed by atoms with Gasteiger partial charge in [-0.25, -0.2) is 0 Å². The van der Waals surface area contributed by atoms with Gasteiger partial charge in [-0.05, 0) is 13.3 Å². The van der Waals surface area contributed by atoms with E-state index >= 15 is 0 Å². The molecule has 0 saturated carbocycles. The first kappa shape index (κ1) is 16.3. The number of anilines is 1. The van der Waals surface area contributed by atoms with Gasteiger partial charge in [0, 0.05) is 6.42 Å². The van der Waals surface area contributed by atoms with Crippen molar-refractivity contribution in [3.05, 3.63) is 5.01 Å². The Morgan fingerprint density at radius 2 is 2.18 bits per heavy atom. The highest BCUT2D eigenvalue weighted by atomic mass is 35.5. The third-order valence-electron chi connectivity index (χ3n) is 2.10. The predicted octanol–water partition coefficient (Wildman–Crippen LogP) is 1.98. The summed E-state index contributed by atoms with van der Waals surface area (Å²) >= 11 is 1.42. The molecule has 98 valence electrons. The van der Waals surface area contributed by atoms with Gasteiger partial charge in [-0.3, -0.25) is 10.1 Å². The van der Waals surface area contributed by atoms with Crippen LogP contribution in [0, 0.1) is 0 Å². The highest BCUT2D eigenvalue weighted by Crippen LogP contribution is 2.17. The van der Waals surface area contributed by atoms with Crippen LogP contribution in [0.15, 0.2) is 0 Å². The molecule has 5 nitrogen and oxygen atoms in total. The Hall–Kier alpha value is -0.720. The molecule has 0 aliphatic rings. The normalized spacial score (nSPS) is 11.7. The van der Waals surface area contributed by atoms with Crippen LogP contribution >= 0.6 is 23.7 Å². The van der Waals surface area contributed by atoms with Crippen molar-refractivity contribution < 1.29 is 4.79 Å². The van der Waals surface area contributed by atoms with E-state index in [1.165, 1.54) is 24.2 Å². The van der Waals surface area contributed by atoms with Gasteiger partial charge in [-0.1, -0.05) is 31.1 Å². The van der Waals surface area contributed by atoms with Crippen LogP contribution in [0.2, 0.25) is 0 Å². The van der Waals surface area contributed by atoms with Gasteiger partial charge in [0.05, 0.1) is 6.04 Å². The highest BCUT2D eigenvalue weighted by molar-refractivity contribution is 7.15. The smallest absolute Gasteiger partial charge is 0.242 e. The minimum absolute atomic E-state index is 0. The summed E-state index contributed by atoms with van der Waals surface area (Å²) in [5, 5.41) is 12.0. The van der Waals surface area contributed by atoms with E-state index in [1.54, 1.807) is 6.92 Å². The zero-order chi connectivity index (χ0) is 12.0. The number of aryl methyl sites for hydroxylation is 1. The summed E-state index contributed by atoms with van der Waals surface area (Å²) < 4.78 is 0. The molecule has 17 heavy (non-hydrogen) atoms. The summed E-state index contributed by atoms with van der Waals surface area (Å²) in [6.07, 6.45) is 4.43. The number of halogens is 1. The minimum Gasteiger partial charge on any atom is -0.320 e. The Morgan fingerprint density at radius 1 is 1.47 bits per heavy atom. The minimum atomic E-state index is -0.521. The molecular weight excluding hydrogens is 260 g/mol. The molecule has 1 aromatic heterocycles. The molecule has 0 radical (unpaired) electrons. The van der Waals surface area contributed by atoms with Crippen molar-refractivity contribution in [1.29, 1.82) is 0 Å². The average molecular weight is 279 g/mol. The van der Waals surface area contributed by atoms with Crippen LogP contribution in [0.3, 0.4) is 0 Å². The molecule has 0 aliphatic carbocycles. The van der Waals surface area contributed by atoms with Gasteiger partial charge in [-0.15, -0.1) is 22.6 Å². The molecule has 0 saturated heterocycles. The number of nitrogens with two attached hydrogens (primary N) is 1. The molecule has 0 bridgehead atoms. The summed E-state index contributed by atoms with van der Waals surface area (Å²) in [7, 11) is 0. The van der Waals surface area contributed by atoms with Gasteiger partial charge in [-0.2, -0.15) is 0 Å². The first-order chi connectivity index (χ1) is 7.63. The van der Waals surface area contributed by atoms with E-state index in [2.05, 4.69) is 22.4 Å². The number of amides is 1. The summed E-state index contributed by atoms with van der Waals surface area (Å²) in [6, 6.07) is -0.521. The Balaban J connectivity index is 0.00000256. The lowest BCUT2D eigenvalue weighted by atomic mass is 10.2. The molecule has 1 aromatic rings. The maximum atomic E-state index is 11.3. The third-order valence-corrected chi connectivity index (χ3v) is 3.00. The standard InChI is InChI=1S/C10H18N4OS.ClH/c1-3-4-5-6-8-13-14-10(16-8)12-9(15)7(2)11;/h7H,3-6,11H2,1-2H3,(H,12,14,15);1H. The quantitative estimate of drug-likeness (QED) is 0.780. The van der Waals surface area contributed by atoms with Crippen molar-refractivity contribution >= 4 is 34.8 Å². The largest absolute Gasteiger partial charge is 0.320 e. The molecule has 0 spiro atoms. The lowest BCUT2D eigenvalue weighted by molar-refractivity contribution is -0.117. The molecule has 1 heterocycles. The van der Waals surface area contributed by atoms with Crippen molar-refractivity contribution in [2.24, 2.45) is 5.73 Å². The summed E-state index contributed by atoms with van der Waals surface area (Å²) in [5.41, 5.74) is 5.43.